The Hall–Kier alpha value is -1.75. The lowest BCUT2D eigenvalue weighted by Crippen LogP contribution is -2.32. The normalized spacial score (nSPS) is 13.7. The molecular formula is C14H22N2O3. The number of nitrogens with one attached hydrogen (secondary N) is 1. The molecule has 1 aromatic carbocycles. The van der Waals surface area contributed by atoms with Crippen molar-refractivity contribution in [2.75, 3.05) is 14.2 Å². The first-order valence-corrected chi connectivity index (χ1v) is 6.24. The smallest absolute Gasteiger partial charge is 0.218 e. The van der Waals surface area contributed by atoms with Gasteiger partial charge in [0.05, 0.1) is 14.2 Å². The van der Waals surface area contributed by atoms with Crippen molar-refractivity contribution in [1.82, 2.24) is 5.32 Å². The zero-order valence-electron chi connectivity index (χ0n) is 11.9. The minimum absolute atomic E-state index is 0.0283. The van der Waals surface area contributed by atoms with Crippen LogP contribution in [0.1, 0.15) is 31.9 Å². The molecule has 0 heterocycles. The molecule has 0 aliphatic rings. The average molecular weight is 266 g/mol. The summed E-state index contributed by atoms with van der Waals surface area (Å²) in [6, 6.07) is 5.88. The predicted molar refractivity (Wildman–Crippen MR) is 74.4 cm³/mol. The summed E-state index contributed by atoms with van der Waals surface area (Å²) < 4.78 is 10.5. The van der Waals surface area contributed by atoms with Crippen molar-refractivity contribution in [3.8, 4) is 11.5 Å². The Labute approximate surface area is 114 Å². The van der Waals surface area contributed by atoms with E-state index in [1.807, 2.05) is 32.0 Å². The molecule has 2 unspecified atom stereocenters. The van der Waals surface area contributed by atoms with Crippen LogP contribution in [0, 0.1) is 0 Å². The lowest BCUT2D eigenvalue weighted by atomic mass is 10.1. The highest BCUT2D eigenvalue weighted by Gasteiger charge is 2.13. The van der Waals surface area contributed by atoms with Crippen LogP contribution in [0.2, 0.25) is 0 Å². The van der Waals surface area contributed by atoms with E-state index < -0.39 is 0 Å². The van der Waals surface area contributed by atoms with Crippen molar-refractivity contribution < 1.29 is 14.3 Å². The molecule has 0 aliphatic carbocycles. The van der Waals surface area contributed by atoms with Gasteiger partial charge in [0, 0.05) is 18.5 Å². The fourth-order valence-corrected chi connectivity index (χ4v) is 2.01. The van der Waals surface area contributed by atoms with Gasteiger partial charge < -0.3 is 20.5 Å². The first-order chi connectivity index (χ1) is 8.97. The van der Waals surface area contributed by atoms with Gasteiger partial charge in [-0.05, 0) is 31.5 Å². The van der Waals surface area contributed by atoms with Gasteiger partial charge in [0.1, 0.15) is 0 Å². The summed E-state index contributed by atoms with van der Waals surface area (Å²) in [5.41, 5.74) is 6.24. The molecule has 0 radical (unpaired) electrons. The van der Waals surface area contributed by atoms with Crippen LogP contribution in [-0.4, -0.2) is 26.2 Å². The number of ether oxygens (including phenoxy) is 2. The number of methoxy groups -OCH3 is 2. The molecular weight excluding hydrogens is 244 g/mol. The number of carbonyl (C=O) groups excluding carboxylic acids is 1. The van der Waals surface area contributed by atoms with Crippen LogP contribution in [0.3, 0.4) is 0 Å². The van der Waals surface area contributed by atoms with Crippen LogP contribution in [0.5, 0.6) is 11.5 Å². The number of hydrogen-bond acceptors (Lipinski definition) is 4. The molecule has 1 amide bonds. The zero-order valence-corrected chi connectivity index (χ0v) is 11.9. The Morgan fingerprint density at radius 1 is 1.26 bits per heavy atom. The lowest BCUT2D eigenvalue weighted by Gasteiger charge is -2.20. The molecule has 1 aromatic rings. The van der Waals surface area contributed by atoms with Gasteiger partial charge in [-0.2, -0.15) is 0 Å². The first-order valence-electron chi connectivity index (χ1n) is 6.24. The second-order valence-corrected chi connectivity index (χ2v) is 4.57. The van der Waals surface area contributed by atoms with E-state index in [9.17, 15) is 4.79 Å². The van der Waals surface area contributed by atoms with Gasteiger partial charge in [0.15, 0.2) is 11.5 Å². The monoisotopic (exact) mass is 266 g/mol. The van der Waals surface area contributed by atoms with E-state index in [0.29, 0.717) is 17.9 Å². The third-order valence-electron chi connectivity index (χ3n) is 2.95. The van der Waals surface area contributed by atoms with Gasteiger partial charge in [-0.15, -0.1) is 0 Å². The van der Waals surface area contributed by atoms with Gasteiger partial charge in [-0.3, -0.25) is 4.79 Å². The predicted octanol–water partition coefficient (Wildman–Crippen LogP) is 1.62. The third kappa shape index (κ3) is 4.44. The molecule has 5 nitrogen and oxygen atoms in total. The standard InChI is InChI=1S/C14H22N2O3/c1-9(7-14(15)17)16-10(2)11-5-6-12(18-3)13(8-11)19-4/h5-6,8-10,16H,7H2,1-4H3,(H2,15,17). The molecule has 19 heavy (non-hydrogen) atoms. The van der Waals surface area contributed by atoms with Gasteiger partial charge in [-0.1, -0.05) is 6.07 Å². The Kier molecular flexibility index (Phi) is 5.63. The Balaban J connectivity index is 2.76. The second kappa shape index (κ2) is 6.99. The number of primary amides is 1. The molecule has 0 fully saturated rings. The van der Waals surface area contributed by atoms with Crippen molar-refractivity contribution in [3.05, 3.63) is 23.8 Å². The van der Waals surface area contributed by atoms with Crippen LogP contribution >= 0.6 is 0 Å². The summed E-state index contributed by atoms with van der Waals surface area (Å²) in [7, 11) is 3.21. The van der Waals surface area contributed by atoms with Gasteiger partial charge >= 0.3 is 0 Å². The second-order valence-electron chi connectivity index (χ2n) is 4.57. The first kappa shape index (κ1) is 15.3. The quantitative estimate of drug-likeness (QED) is 0.786. The molecule has 0 aromatic heterocycles. The summed E-state index contributed by atoms with van der Waals surface area (Å²) in [6.45, 7) is 3.96. The Bertz CT molecular complexity index is 435. The van der Waals surface area contributed by atoms with Gasteiger partial charge in [0.2, 0.25) is 5.91 Å². The number of benzene rings is 1. The number of hydrogen-bond donors (Lipinski definition) is 2. The minimum atomic E-state index is -0.306. The zero-order chi connectivity index (χ0) is 14.4. The highest BCUT2D eigenvalue weighted by Crippen LogP contribution is 2.29. The fraction of sp³-hybridized carbons (Fsp3) is 0.500. The van der Waals surface area contributed by atoms with Crippen molar-refractivity contribution in [2.45, 2.75) is 32.4 Å². The van der Waals surface area contributed by atoms with E-state index in [0.717, 1.165) is 5.56 Å². The van der Waals surface area contributed by atoms with E-state index in [-0.39, 0.29) is 18.0 Å². The summed E-state index contributed by atoms with van der Waals surface area (Å²) in [5.74, 6) is 1.08. The maximum Gasteiger partial charge on any atom is 0.218 e. The third-order valence-corrected chi connectivity index (χ3v) is 2.95. The van der Waals surface area contributed by atoms with Crippen molar-refractivity contribution in [3.63, 3.8) is 0 Å². The molecule has 0 saturated carbocycles. The maximum absolute atomic E-state index is 10.9. The van der Waals surface area contributed by atoms with E-state index in [2.05, 4.69) is 5.32 Å². The maximum atomic E-state index is 10.9. The van der Waals surface area contributed by atoms with Gasteiger partial charge in [0.25, 0.3) is 0 Å². The highest BCUT2D eigenvalue weighted by atomic mass is 16.5. The molecule has 0 saturated heterocycles. The molecule has 1 rings (SSSR count). The summed E-state index contributed by atoms with van der Waals surface area (Å²) >= 11 is 0. The molecule has 3 N–H and O–H groups in total. The summed E-state index contributed by atoms with van der Waals surface area (Å²) in [6.07, 6.45) is 0.317. The number of rotatable bonds is 7. The number of nitrogens with two attached hydrogens (primary N) is 1. The van der Waals surface area contributed by atoms with Gasteiger partial charge in [-0.25, -0.2) is 0 Å². The van der Waals surface area contributed by atoms with Crippen LogP contribution in [0.25, 0.3) is 0 Å². The topological polar surface area (TPSA) is 73.6 Å². The highest BCUT2D eigenvalue weighted by molar-refractivity contribution is 5.74. The van der Waals surface area contributed by atoms with E-state index in [1.54, 1.807) is 14.2 Å². The lowest BCUT2D eigenvalue weighted by molar-refractivity contribution is -0.118. The Morgan fingerprint density at radius 3 is 2.42 bits per heavy atom. The van der Waals surface area contributed by atoms with Crippen molar-refractivity contribution >= 4 is 5.91 Å². The van der Waals surface area contributed by atoms with Crippen LogP contribution in [0.4, 0.5) is 0 Å². The Morgan fingerprint density at radius 2 is 1.89 bits per heavy atom. The average Bonchev–Trinajstić information content (AvgIpc) is 2.36. The van der Waals surface area contributed by atoms with Crippen molar-refractivity contribution in [1.29, 1.82) is 0 Å². The molecule has 0 spiro atoms. The van der Waals surface area contributed by atoms with E-state index in [4.69, 9.17) is 15.2 Å². The molecule has 2 atom stereocenters. The van der Waals surface area contributed by atoms with E-state index >= 15 is 0 Å². The van der Waals surface area contributed by atoms with E-state index in [1.165, 1.54) is 0 Å². The largest absolute Gasteiger partial charge is 0.493 e. The molecule has 5 heteroatoms. The SMILES string of the molecule is COc1ccc(C(C)NC(C)CC(N)=O)cc1OC. The fourth-order valence-electron chi connectivity index (χ4n) is 2.01. The van der Waals surface area contributed by atoms with Crippen LogP contribution in [0.15, 0.2) is 18.2 Å². The van der Waals surface area contributed by atoms with Crippen LogP contribution in [-0.2, 0) is 4.79 Å². The summed E-state index contributed by atoms with van der Waals surface area (Å²) in [5, 5.41) is 3.32. The van der Waals surface area contributed by atoms with Crippen molar-refractivity contribution in [2.24, 2.45) is 5.73 Å². The van der Waals surface area contributed by atoms with Crippen LogP contribution < -0.4 is 20.5 Å². The molecule has 106 valence electrons. The molecule has 0 aliphatic heterocycles. The number of carbonyl (C=O) groups is 1. The number of amides is 1. The minimum Gasteiger partial charge on any atom is -0.493 e. The summed E-state index contributed by atoms with van der Waals surface area (Å²) in [4.78, 5) is 10.9. The molecule has 0 bridgehead atoms.